The highest BCUT2D eigenvalue weighted by Crippen LogP contribution is 2.16. The molecule has 0 amide bonds. The van der Waals surface area contributed by atoms with Crippen LogP contribution in [0.15, 0.2) is 27.3 Å². The van der Waals surface area contributed by atoms with Crippen molar-refractivity contribution in [1.82, 2.24) is 9.55 Å². The molecule has 0 atom stereocenters. The van der Waals surface area contributed by atoms with Gasteiger partial charge in [-0.2, -0.15) is 5.10 Å². The van der Waals surface area contributed by atoms with Gasteiger partial charge in [-0.3, -0.25) is 19.4 Å². The van der Waals surface area contributed by atoms with Gasteiger partial charge in [-0.1, -0.05) is 6.58 Å². The topological polar surface area (TPSA) is 82.5 Å². The van der Waals surface area contributed by atoms with Crippen LogP contribution in [-0.2, 0) is 7.05 Å². The summed E-state index contributed by atoms with van der Waals surface area (Å²) >= 11 is 0. The van der Waals surface area contributed by atoms with E-state index in [9.17, 15) is 9.59 Å². The van der Waals surface area contributed by atoms with E-state index in [1.54, 1.807) is 21.1 Å². The molecule has 0 radical (unpaired) electrons. The minimum absolute atomic E-state index is 0.257. The van der Waals surface area contributed by atoms with E-state index in [0.717, 1.165) is 0 Å². The zero-order valence-corrected chi connectivity index (χ0v) is 10.0. The first-order valence-electron chi connectivity index (χ1n) is 4.92. The molecule has 1 aromatic heterocycles. The summed E-state index contributed by atoms with van der Waals surface area (Å²) in [7, 11) is 4.79. The Morgan fingerprint density at radius 3 is 2.71 bits per heavy atom. The number of hydrogen-bond acceptors (Lipinski definition) is 5. The molecule has 0 saturated carbocycles. The SMILES string of the molecule is C=C/C=N\N(C)c1c(NC)n(C)c(=O)[nH]c1=O. The Hall–Kier alpha value is -2.31. The Morgan fingerprint density at radius 1 is 1.53 bits per heavy atom. The third kappa shape index (κ3) is 2.44. The highest BCUT2D eigenvalue weighted by Gasteiger charge is 2.14. The summed E-state index contributed by atoms with van der Waals surface area (Å²) in [5, 5.41) is 8.14. The van der Waals surface area contributed by atoms with Crippen LogP contribution in [0.25, 0.3) is 0 Å². The Bertz CT molecular complexity index is 555. The maximum absolute atomic E-state index is 11.7. The van der Waals surface area contributed by atoms with Crippen molar-refractivity contribution >= 4 is 17.7 Å². The van der Waals surface area contributed by atoms with Crippen LogP contribution in [0, 0.1) is 0 Å². The van der Waals surface area contributed by atoms with Gasteiger partial charge in [0.1, 0.15) is 5.82 Å². The van der Waals surface area contributed by atoms with Crippen molar-refractivity contribution in [2.45, 2.75) is 0 Å². The second-order valence-corrected chi connectivity index (χ2v) is 3.29. The van der Waals surface area contributed by atoms with E-state index in [2.05, 4.69) is 22.0 Å². The summed E-state index contributed by atoms with van der Waals surface area (Å²) in [6.07, 6.45) is 2.94. The summed E-state index contributed by atoms with van der Waals surface area (Å²) in [6, 6.07) is 0. The molecule has 1 rings (SSSR count). The van der Waals surface area contributed by atoms with Gasteiger partial charge in [0, 0.05) is 27.4 Å². The molecule has 1 aromatic rings. The van der Waals surface area contributed by atoms with Crippen molar-refractivity contribution in [1.29, 1.82) is 0 Å². The van der Waals surface area contributed by atoms with E-state index in [4.69, 9.17) is 0 Å². The molecule has 92 valence electrons. The fourth-order valence-electron chi connectivity index (χ4n) is 1.40. The van der Waals surface area contributed by atoms with E-state index in [1.165, 1.54) is 21.9 Å². The molecule has 1 heterocycles. The van der Waals surface area contributed by atoms with E-state index >= 15 is 0 Å². The predicted octanol–water partition coefficient (Wildman–Crippen LogP) is -0.277. The molecule has 0 aliphatic heterocycles. The zero-order chi connectivity index (χ0) is 13.0. The molecule has 0 aromatic carbocycles. The first-order chi connectivity index (χ1) is 8.02. The van der Waals surface area contributed by atoms with Crippen LogP contribution in [-0.4, -0.2) is 29.9 Å². The molecular formula is C10H15N5O2. The summed E-state index contributed by atoms with van der Waals surface area (Å²) in [6.45, 7) is 3.49. The normalized spacial score (nSPS) is 10.5. The number of nitrogens with zero attached hydrogens (tertiary/aromatic N) is 3. The zero-order valence-electron chi connectivity index (χ0n) is 10.0. The van der Waals surface area contributed by atoms with Crippen molar-refractivity contribution in [3.63, 3.8) is 0 Å². The average molecular weight is 237 g/mol. The molecule has 0 spiro atoms. The van der Waals surface area contributed by atoms with Crippen molar-refractivity contribution in [3.8, 4) is 0 Å². The number of aromatic nitrogens is 2. The lowest BCUT2D eigenvalue weighted by Gasteiger charge is -2.17. The lowest BCUT2D eigenvalue weighted by atomic mass is 10.4. The summed E-state index contributed by atoms with van der Waals surface area (Å²) < 4.78 is 1.30. The maximum atomic E-state index is 11.7. The predicted molar refractivity (Wildman–Crippen MR) is 68.9 cm³/mol. The van der Waals surface area contributed by atoms with Gasteiger partial charge in [-0.15, -0.1) is 0 Å². The van der Waals surface area contributed by atoms with Gasteiger partial charge in [-0.05, 0) is 6.08 Å². The first-order valence-corrected chi connectivity index (χ1v) is 4.92. The Balaban J connectivity index is 3.47. The largest absolute Gasteiger partial charge is 0.372 e. The fourth-order valence-corrected chi connectivity index (χ4v) is 1.40. The van der Waals surface area contributed by atoms with Crippen molar-refractivity contribution in [3.05, 3.63) is 33.5 Å². The van der Waals surface area contributed by atoms with Crippen LogP contribution < -0.4 is 21.6 Å². The smallest absolute Gasteiger partial charge is 0.329 e. The molecule has 0 saturated heterocycles. The molecule has 0 aliphatic carbocycles. The summed E-state index contributed by atoms with van der Waals surface area (Å²) in [4.78, 5) is 25.3. The third-order valence-electron chi connectivity index (χ3n) is 2.21. The molecule has 0 unspecified atom stereocenters. The number of hydrogen-bond donors (Lipinski definition) is 2. The van der Waals surface area contributed by atoms with Crippen molar-refractivity contribution in [2.75, 3.05) is 24.4 Å². The highest BCUT2D eigenvalue weighted by molar-refractivity contribution is 5.73. The van der Waals surface area contributed by atoms with Gasteiger partial charge in [0.05, 0.1) is 0 Å². The number of H-pyrrole nitrogens is 1. The maximum Gasteiger partial charge on any atom is 0.329 e. The van der Waals surface area contributed by atoms with Crippen LogP contribution in [0.1, 0.15) is 0 Å². The molecule has 7 nitrogen and oxygen atoms in total. The minimum atomic E-state index is -0.499. The van der Waals surface area contributed by atoms with E-state index in [0.29, 0.717) is 5.82 Å². The monoisotopic (exact) mass is 237 g/mol. The molecule has 2 N–H and O–H groups in total. The lowest BCUT2D eigenvalue weighted by molar-refractivity contribution is 0.796. The summed E-state index contributed by atoms with van der Waals surface area (Å²) in [5.74, 6) is 0.391. The van der Waals surface area contributed by atoms with Gasteiger partial charge in [-0.25, -0.2) is 4.79 Å². The van der Waals surface area contributed by atoms with Crippen LogP contribution in [0.4, 0.5) is 11.5 Å². The van der Waals surface area contributed by atoms with Gasteiger partial charge < -0.3 is 5.32 Å². The number of aromatic amines is 1. The first kappa shape index (κ1) is 12.8. The van der Waals surface area contributed by atoms with E-state index in [-0.39, 0.29) is 5.69 Å². The number of rotatable bonds is 4. The minimum Gasteiger partial charge on any atom is -0.372 e. The van der Waals surface area contributed by atoms with Gasteiger partial charge in [0.25, 0.3) is 5.56 Å². The van der Waals surface area contributed by atoms with Crippen LogP contribution in [0.3, 0.4) is 0 Å². The molecule has 7 heteroatoms. The lowest BCUT2D eigenvalue weighted by Crippen LogP contribution is -2.34. The van der Waals surface area contributed by atoms with Crippen molar-refractivity contribution in [2.24, 2.45) is 12.1 Å². The highest BCUT2D eigenvalue weighted by atomic mass is 16.2. The van der Waals surface area contributed by atoms with Crippen LogP contribution >= 0.6 is 0 Å². The number of allylic oxidation sites excluding steroid dienone is 1. The molecule has 0 aliphatic rings. The molecule has 0 fully saturated rings. The molecular weight excluding hydrogens is 222 g/mol. The Morgan fingerprint density at radius 2 is 2.18 bits per heavy atom. The fraction of sp³-hybridized carbons (Fsp3) is 0.300. The third-order valence-corrected chi connectivity index (χ3v) is 2.21. The summed E-state index contributed by atoms with van der Waals surface area (Å²) in [5.41, 5.74) is -0.724. The van der Waals surface area contributed by atoms with Crippen LogP contribution in [0.5, 0.6) is 0 Å². The Kier molecular flexibility index (Phi) is 3.86. The number of anilines is 2. The van der Waals surface area contributed by atoms with Gasteiger partial charge in [0.2, 0.25) is 0 Å². The van der Waals surface area contributed by atoms with Crippen molar-refractivity contribution < 1.29 is 0 Å². The number of nitrogens with one attached hydrogen (secondary N) is 2. The van der Waals surface area contributed by atoms with Gasteiger partial charge in [0.15, 0.2) is 5.69 Å². The second-order valence-electron chi connectivity index (χ2n) is 3.29. The van der Waals surface area contributed by atoms with E-state index in [1.807, 2.05) is 0 Å². The van der Waals surface area contributed by atoms with E-state index < -0.39 is 11.2 Å². The van der Waals surface area contributed by atoms with Gasteiger partial charge >= 0.3 is 5.69 Å². The Labute approximate surface area is 98.1 Å². The second kappa shape index (κ2) is 5.15. The molecule has 17 heavy (non-hydrogen) atoms. The quantitative estimate of drug-likeness (QED) is 0.557. The number of hydrazone groups is 1. The standard InChI is InChI=1S/C10H15N5O2/c1-5-6-12-15(4)7-8(11-2)14(3)10(17)13-9(7)16/h5-6,11H,1H2,2-4H3,(H,13,16,17)/b12-6-. The van der Waals surface area contributed by atoms with Crippen LogP contribution in [0.2, 0.25) is 0 Å². The average Bonchev–Trinajstić information content (AvgIpc) is 2.30. The molecule has 0 bridgehead atoms.